The Kier molecular flexibility index (Phi) is 4.18. The predicted molar refractivity (Wildman–Crippen MR) is 105 cm³/mol. The largest absolute Gasteiger partial charge is 0.491 e. The summed E-state index contributed by atoms with van der Waals surface area (Å²) in [6.45, 7) is 3.61. The smallest absolute Gasteiger partial charge is 0.190 e. The van der Waals surface area contributed by atoms with E-state index >= 15 is 0 Å². The zero-order chi connectivity index (χ0) is 20.3. The van der Waals surface area contributed by atoms with E-state index in [0.29, 0.717) is 52.2 Å². The first kappa shape index (κ1) is 18.3. The Bertz CT molecular complexity index is 1070. The molecule has 0 atom stereocenters. The van der Waals surface area contributed by atoms with Gasteiger partial charge in [0, 0.05) is 18.2 Å². The van der Waals surface area contributed by atoms with Crippen LogP contribution in [0.1, 0.15) is 37.3 Å². The Hall–Kier alpha value is -2.77. The number of nitrogens with zero attached hydrogens (tertiary/aromatic N) is 4. The van der Waals surface area contributed by atoms with Crippen LogP contribution in [0.4, 0.5) is 14.6 Å². The Morgan fingerprint density at radius 3 is 2.21 bits per heavy atom. The molecule has 2 aromatic heterocycles. The Morgan fingerprint density at radius 2 is 1.66 bits per heavy atom. The molecular weight excluding hydrogens is 376 g/mol. The molecule has 5 rings (SSSR count). The minimum absolute atomic E-state index is 0.311. The summed E-state index contributed by atoms with van der Waals surface area (Å²) in [5.74, 6) is 1.32. The minimum atomic E-state index is -0.768. The fraction of sp³-hybridized carbons (Fsp3) is 0.476. The lowest BCUT2D eigenvalue weighted by Crippen LogP contribution is -2.25. The van der Waals surface area contributed by atoms with Gasteiger partial charge >= 0.3 is 0 Å². The fourth-order valence-corrected chi connectivity index (χ4v) is 4.15. The molecule has 0 bridgehead atoms. The van der Waals surface area contributed by atoms with Gasteiger partial charge in [0.15, 0.2) is 34.4 Å². The van der Waals surface area contributed by atoms with Gasteiger partial charge in [-0.3, -0.25) is 4.57 Å². The third kappa shape index (κ3) is 3.20. The quantitative estimate of drug-likeness (QED) is 0.669. The molecule has 2 fully saturated rings. The monoisotopic (exact) mass is 399 g/mol. The molecule has 3 aromatic rings. The molecule has 29 heavy (non-hydrogen) atoms. The van der Waals surface area contributed by atoms with Crippen LogP contribution in [-0.4, -0.2) is 32.7 Å². The second-order valence-corrected chi connectivity index (χ2v) is 8.07. The van der Waals surface area contributed by atoms with Gasteiger partial charge in [0.1, 0.15) is 11.6 Å². The Labute approximate surface area is 167 Å². The van der Waals surface area contributed by atoms with Crippen LogP contribution >= 0.6 is 0 Å². The summed E-state index contributed by atoms with van der Waals surface area (Å²) in [6, 6.07) is 2.88. The molecule has 2 aliphatic rings. The number of methoxy groups -OCH3 is 1. The number of nitrogens with one attached hydrogen (secondary N) is 1. The summed E-state index contributed by atoms with van der Waals surface area (Å²) in [7, 11) is 1.24. The van der Waals surface area contributed by atoms with E-state index in [0.717, 1.165) is 0 Å². The van der Waals surface area contributed by atoms with Gasteiger partial charge in [-0.05, 0) is 51.4 Å². The SMILES string of the molecule is COc1c(F)cc(-n2c(C)nc3c(NC(C4CC4)C4CC4)nc(C)nc32)cc1F. The van der Waals surface area contributed by atoms with Crippen LogP contribution in [0, 0.1) is 37.3 Å². The van der Waals surface area contributed by atoms with Crippen molar-refractivity contribution >= 4 is 17.0 Å². The highest BCUT2D eigenvalue weighted by Gasteiger charge is 2.42. The van der Waals surface area contributed by atoms with Crippen molar-refractivity contribution in [1.82, 2.24) is 19.5 Å². The molecule has 0 spiro atoms. The summed E-state index contributed by atoms with van der Waals surface area (Å²) in [6.07, 6.45) is 5.00. The first-order valence-electron chi connectivity index (χ1n) is 10.00. The van der Waals surface area contributed by atoms with Gasteiger partial charge in [-0.25, -0.2) is 23.7 Å². The van der Waals surface area contributed by atoms with E-state index in [1.165, 1.54) is 44.9 Å². The molecule has 0 amide bonds. The normalized spacial score (nSPS) is 16.6. The van der Waals surface area contributed by atoms with Crippen molar-refractivity contribution in [2.75, 3.05) is 12.4 Å². The molecule has 0 aliphatic heterocycles. The van der Waals surface area contributed by atoms with Gasteiger partial charge in [-0.15, -0.1) is 0 Å². The van der Waals surface area contributed by atoms with Crippen LogP contribution in [0.15, 0.2) is 12.1 Å². The molecule has 152 valence electrons. The number of rotatable bonds is 6. The number of halogens is 2. The minimum Gasteiger partial charge on any atom is -0.491 e. The topological polar surface area (TPSA) is 64.9 Å². The molecule has 8 heteroatoms. The molecule has 2 heterocycles. The fourth-order valence-electron chi connectivity index (χ4n) is 4.15. The number of hydrogen-bond acceptors (Lipinski definition) is 5. The molecule has 0 saturated heterocycles. The third-order valence-corrected chi connectivity index (χ3v) is 5.79. The molecular formula is C21H23F2N5O. The summed E-state index contributed by atoms with van der Waals surface area (Å²) in [5, 5.41) is 3.62. The van der Waals surface area contributed by atoms with Crippen molar-refractivity contribution in [1.29, 1.82) is 0 Å². The number of benzene rings is 1. The van der Waals surface area contributed by atoms with Crippen LogP contribution in [0.25, 0.3) is 16.9 Å². The average molecular weight is 399 g/mol. The second kappa shape index (κ2) is 6.64. The lowest BCUT2D eigenvalue weighted by atomic mass is 10.1. The first-order chi connectivity index (χ1) is 14.0. The molecule has 2 saturated carbocycles. The standard InChI is InChI=1S/C21H23F2N5O/c1-10-24-20(27-17(12-4-5-12)13-6-7-13)18-21(25-10)28(11(2)26-18)14-8-15(22)19(29-3)16(23)9-14/h8-9,12-13,17H,4-7H2,1-3H3,(H,24,25,27). The average Bonchev–Trinajstić information content (AvgIpc) is 3.57. The van der Waals surface area contributed by atoms with Gasteiger partial charge in [0.25, 0.3) is 0 Å². The van der Waals surface area contributed by atoms with E-state index < -0.39 is 17.4 Å². The van der Waals surface area contributed by atoms with E-state index in [2.05, 4.69) is 20.3 Å². The maximum atomic E-state index is 14.3. The highest BCUT2D eigenvalue weighted by atomic mass is 19.1. The van der Waals surface area contributed by atoms with Crippen LogP contribution in [0.3, 0.4) is 0 Å². The third-order valence-electron chi connectivity index (χ3n) is 5.79. The predicted octanol–water partition coefficient (Wildman–Crippen LogP) is 4.32. The number of anilines is 1. The van der Waals surface area contributed by atoms with Crippen LogP contribution in [0.5, 0.6) is 5.75 Å². The molecule has 0 unspecified atom stereocenters. The van der Waals surface area contributed by atoms with E-state index in [-0.39, 0.29) is 0 Å². The lowest BCUT2D eigenvalue weighted by molar-refractivity contribution is 0.359. The van der Waals surface area contributed by atoms with Gasteiger partial charge in [0.05, 0.1) is 12.8 Å². The first-order valence-corrected chi connectivity index (χ1v) is 10.00. The van der Waals surface area contributed by atoms with Crippen molar-refractivity contribution in [2.45, 2.75) is 45.6 Å². The number of aromatic nitrogens is 4. The maximum Gasteiger partial charge on any atom is 0.190 e. The Balaban J connectivity index is 1.62. The van der Waals surface area contributed by atoms with Gasteiger partial charge in [-0.1, -0.05) is 0 Å². The summed E-state index contributed by atoms with van der Waals surface area (Å²) in [4.78, 5) is 13.8. The van der Waals surface area contributed by atoms with Gasteiger partial charge in [-0.2, -0.15) is 0 Å². The summed E-state index contributed by atoms with van der Waals surface area (Å²) in [5.41, 5.74) is 1.47. The van der Waals surface area contributed by atoms with Gasteiger partial charge in [0.2, 0.25) is 0 Å². The summed E-state index contributed by atoms with van der Waals surface area (Å²) < 4.78 is 35.1. The highest BCUT2D eigenvalue weighted by Crippen LogP contribution is 2.46. The zero-order valence-electron chi connectivity index (χ0n) is 16.7. The van der Waals surface area contributed by atoms with Gasteiger partial charge < -0.3 is 10.1 Å². The molecule has 1 N–H and O–H groups in total. The van der Waals surface area contributed by atoms with E-state index in [4.69, 9.17) is 4.74 Å². The van der Waals surface area contributed by atoms with Crippen molar-refractivity contribution in [2.24, 2.45) is 11.8 Å². The zero-order valence-corrected chi connectivity index (χ0v) is 16.7. The van der Waals surface area contributed by atoms with Crippen molar-refractivity contribution in [3.63, 3.8) is 0 Å². The van der Waals surface area contributed by atoms with E-state index in [1.807, 2.05) is 6.92 Å². The molecule has 1 aromatic carbocycles. The van der Waals surface area contributed by atoms with Crippen LogP contribution in [-0.2, 0) is 0 Å². The van der Waals surface area contributed by atoms with Crippen molar-refractivity contribution < 1.29 is 13.5 Å². The number of fused-ring (bicyclic) bond motifs is 1. The molecule has 2 aliphatic carbocycles. The summed E-state index contributed by atoms with van der Waals surface area (Å²) >= 11 is 0. The van der Waals surface area contributed by atoms with Crippen molar-refractivity contribution in [3.8, 4) is 11.4 Å². The molecule has 0 radical (unpaired) electrons. The second-order valence-electron chi connectivity index (χ2n) is 8.07. The number of ether oxygens (including phenoxy) is 1. The van der Waals surface area contributed by atoms with Crippen molar-refractivity contribution in [3.05, 3.63) is 35.4 Å². The maximum absolute atomic E-state index is 14.3. The van der Waals surface area contributed by atoms with Crippen LogP contribution < -0.4 is 10.1 Å². The molecule has 6 nitrogen and oxygen atoms in total. The van der Waals surface area contributed by atoms with E-state index in [1.54, 1.807) is 11.5 Å². The highest BCUT2D eigenvalue weighted by molar-refractivity contribution is 5.85. The van der Waals surface area contributed by atoms with Crippen LogP contribution in [0.2, 0.25) is 0 Å². The number of aryl methyl sites for hydroxylation is 2. The van der Waals surface area contributed by atoms with E-state index in [9.17, 15) is 8.78 Å². The lowest BCUT2D eigenvalue weighted by Gasteiger charge is -2.18. The number of imidazole rings is 1. The Morgan fingerprint density at radius 1 is 1.03 bits per heavy atom. The number of hydrogen-bond donors (Lipinski definition) is 1.